The first-order valence-electron chi connectivity index (χ1n) is 8.23. The topological polar surface area (TPSA) is 29.1 Å². The minimum atomic E-state index is 0.0350. The van der Waals surface area contributed by atoms with Crippen LogP contribution in [-0.2, 0) is 11.2 Å². The van der Waals surface area contributed by atoms with Gasteiger partial charge < -0.3 is 5.32 Å². The summed E-state index contributed by atoms with van der Waals surface area (Å²) in [5, 5.41) is 3.31. The SMILES string of the molecule is O=C(NC1CCCCC1CCl)C1CCCc2ccccc21. The Hall–Kier alpha value is -1.02. The van der Waals surface area contributed by atoms with E-state index in [-0.39, 0.29) is 17.9 Å². The van der Waals surface area contributed by atoms with Crippen LogP contribution in [0.2, 0.25) is 0 Å². The maximum Gasteiger partial charge on any atom is 0.227 e. The van der Waals surface area contributed by atoms with E-state index in [1.54, 1.807) is 0 Å². The maximum atomic E-state index is 12.7. The summed E-state index contributed by atoms with van der Waals surface area (Å²) in [5.74, 6) is 1.35. The fourth-order valence-corrected chi connectivity index (χ4v) is 4.26. The third kappa shape index (κ3) is 3.26. The summed E-state index contributed by atoms with van der Waals surface area (Å²) in [5.41, 5.74) is 2.58. The average Bonchev–Trinajstić information content (AvgIpc) is 2.54. The lowest BCUT2D eigenvalue weighted by Crippen LogP contribution is -2.45. The van der Waals surface area contributed by atoms with Crippen LogP contribution in [0.15, 0.2) is 24.3 Å². The van der Waals surface area contributed by atoms with Crippen LogP contribution < -0.4 is 5.32 Å². The fraction of sp³-hybridized carbons (Fsp3) is 0.611. The summed E-state index contributed by atoms with van der Waals surface area (Å²) in [6, 6.07) is 8.68. The van der Waals surface area contributed by atoms with Gasteiger partial charge in [-0.3, -0.25) is 4.79 Å². The molecule has 0 aromatic heterocycles. The Morgan fingerprint density at radius 3 is 2.81 bits per heavy atom. The predicted octanol–water partition coefficient (Wildman–Crippen LogP) is 4.02. The summed E-state index contributed by atoms with van der Waals surface area (Å²) >= 11 is 6.07. The lowest BCUT2D eigenvalue weighted by atomic mass is 9.81. The van der Waals surface area contributed by atoms with Crippen LogP contribution in [0.3, 0.4) is 0 Å². The fourth-order valence-electron chi connectivity index (χ4n) is 3.89. The smallest absolute Gasteiger partial charge is 0.227 e. The first kappa shape index (κ1) is 14.9. The van der Waals surface area contributed by atoms with E-state index in [9.17, 15) is 4.79 Å². The van der Waals surface area contributed by atoms with Gasteiger partial charge in [0.05, 0.1) is 5.92 Å². The number of hydrogen-bond donors (Lipinski definition) is 1. The van der Waals surface area contributed by atoms with Crippen LogP contribution >= 0.6 is 11.6 Å². The van der Waals surface area contributed by atoms with Crippen molar-refractivity contribution in [3.63, 3.8) is 0 Å². The molecule has 2 nitrogen and oxygen atoms in total. The number of benzene rings is 1. The molecule has 1 aromatic carbocycles. The summed E-state index contributed by atoms with van der Waals surface area (Å²) < 4.78 is 0. The molecule has 2 aliphatic rings. The van der Waals surface area contributed by atoms with Crippen molar-refractivity contribution in [1.29, 1.82) is 0 Å². The zero-order chi connectivity index (χ0) is 14.7. The van der Waals surface area contributed by atoms with Gasteiger partial charge >= 0.3 is 0 Å². The number of alkyl halides is 1. The molecule has 3 rings (SSSR count). The molecule has 0 bridgehead atoms. The second-order valence-corrected chi connectivity index (χ2v) is 6.77. The lowest BCUT2D eigenvalue weighted by molar-refractivity contribution is -0.124. The molecule has 0 saturated heterocycles. The van der Waals surface area contributed by atoms with Gasteiger partial charge in [-0.15, -0.1) is 11.6 Å². The molecule has 0 spiro atoms. The lowest BCUT2D eigenvalue weighted by Gasteiger charge is -2.33. The van der Waals surface area contributed by atoms with Crippen molar-refractivity contribution >= 4 is 17.5 Å². The van der Waals surface area contributed by atoms with Gasteiger partial charge in [0.15, 0.2) is 0 Å². The number of carbonyl (C=O) groups excluding carboxylic acids is 1. The molecule has 2 aliphatic carbocycles. The van der Waals surface area contributed by atoms with Crippen LogP contribution in [0.4, 0.5) is 0 Å². The third-order valence-corrected chi connectivity index (χ3v) is 5.52. The Morgan fingerprint density at radius 2 is 1.95 bits per heavy atom. The van der Waals surface area contributed by atoms with Gasteiger partial charge in [-0.25, -0.2) is 0 Å². The Kier molecular flexibility index (Phi) is 4.84. The third-order valence-electron chi connectivity index (χ3n) is 5.12. The predicted molar refractivity (Wildman–Crippen MR) is 86.7 cm³/mol. The molecule has 3 unspecified atom stereocenters. The first-order valence-corrected chi connectivity index (χ1v) is 8.77. The van der Waals surface area contributed by atoms with E-state index in [0.717, 1.165) is 32.1 Å². The van der Waals surface area contributed by atoms with Crippen molar-refractivity contribution in [2.24, 2.45) is 5.92 Å². The summed E-state index contributed by atoms with van der Waals surface area (Å²) in [6.07, 6.45) is 7.87. The van der Waals surface area contributed by atoms with Gasteiger partial charge in [-0.05, 0) is 49.1 Å². The molecule has 1 aromatic rings. The van der Waals surface area contributed by atoms with Gasteiger partial charge in [0.2, 0.25) is 5.91 Å². The number of halogens is 1. The number of carbonyl (C=O) groups is 1. The molecule has 1 amide bonds. The standard InChI is InChI=1S/C18H24ClNO/c19-12-14-7-2-4-11-17(14)20-18(21)16-10-5-8-13-6-1-3-9-15(13)16/h1,3,6,9,14,16-17H,2,4-5,7-8,10-12H2,(H,20,21). The van der Waals surface area contributed by atoms with Crippen LogP contribution in [0.1, 0.15) is 55.6 Å². The minimum absolute atomic E-state index is 0.0350. The molecule has 0 radical (unpaired) electrons. The van der Waals surface area contributed by atoms with Gasteiger partial charge in [-0.1, -0.05) is 37.1 Å². The van der Waals surface area contributed by atoms with Gasteiger partial charge in [0.1, 0.15) is 0 Å². The van der Waals surface area contributed by atoms with E-state index in [0.29, 0.717) is 11.8 Å². The van der Waals surface area contributed by atoms with E-state index in [1.807, 2.05) is 6.07 Å². The van der Waals surface area contributed by atoms with Gasteiger partial charge in [-0.2, -0.15) is 0 Å². The molecular weight excluding hydrogens is 282 g/mol. The van der Waals surface area contributed by atoms with Crippen molar-refractivity contribution < 1.29 is 4.79 Å². The van der Waals surface area contributed by atoms with Crippen molar-refractivity contribution in [3.8, 4) is 0 Å². The molecule has 1 saturated carbocycles. The molecule has 114 valence electrons. The Bertz CT molecular complexity index is 502. The molecular formula is C18H24ClNO. The maximum absolute atomic E-state index is 12.7. The van der Waals surface area contributed by atoms with E-state index >= 15 is 0 Å². The molecule has 3 heteroatoms. The number of fused-ring (bicyclic) bond motifs is 1. The number of hydrogen-bond acceptors (Lipinski definition) is 1. The van der Waals surface area contributed by atoms with E-state index in [2.05, 4.69) is 23.5 Å². The monoisotopic (exact) mass is 305 g/mol. The van der Waals surface area contributed by atoms with Gasteiger partial charge in [0.25, 0.3) is 0 Å². The minimum Gasteiger partial charge on any atom is -0.353 e. The van der Waals surface area contributed by atoms with Crippen LogP contribution in [0.5, 0.6) is 0 Å². The van der Waals surface area contributed by atoms with Crippen molar-refractivity contribution in [2.45, 2.75) is 56.9 Å². The molecule has 0 aliphatic heterocycles. The van der Waals surface area contributed by atoms with Crippen molar-refractivity contribution in [2.75, 3.05) is 5.88 Å². The second-order valence-electron chi connectivity index (χ2n) is 6.46. The molecule has 3 atom stereocenters. The first-order chi connectivity index (χ1) is 10.3. The highest BCUT2D eigenvalue weighted by Crippen LogP contribution is 2.33. The zero-order valence-electron chi connectivity index (χ0n) is 12.5. The Labute approximate surface area is 132 Å². The highest BCUT2D eigenvalue weighted by atomic mass is 35.5. The molecule has 21 heavy (non-hydrogen) atoms. The average molecular weight is 306 g/mol. The van der Waals surface area contributed by atoms with E-state index in [4.69, 9.17) is 11.6 Å². The number of rotatable bonds is 3. The van der Waals surface area contributed by atoms with Crippen LogP contribution in [0, 0.1) is 5.92 Å². The Morgan fingerprint density at radius 1 is 1.14 bits per heavy atom. The largest absolute Gasteiger partial charge is 0.353 e. The number of aryl methyl sites for hydroxylation is 1. The normalized spacial score (nSPS) is 28.7. The van der Waals surface area contributed by atoms with Crippen LogP contribution in [-0.4, -0.2) is 17.8 Å². The molecule has 0 heterocycles. The van der Waals surface area contributed by atoms with E-state index in [1.165, 1.54) is 24.0 Å². The number of amides is 1. The highest BCUT2D eigenvalue weighted by molar-refractivity contribution is 6.18. The summed E-state index contributed by atoms with van der Waals surface area (Å²) in [6.45, 7) is 0. The highest BCUT2D eigenvalue weighted by Gasteiger charge is 2.31. The summed E-state index contributed by atoms with van der Waals surface area (Å²) in [7, 11) is 0. The van der Waals surface area contributed by atoms with Crippen molar-refractivity contribution in [3.05, 3.63) is 35.4 Å². The van der Waals surface area contributed by atoms with Gasteiger partial charge in [0, 0.05) is 11.9 Å². The quantitative estimate of drug-likeness (QED) is 0.840. The van der Waals surface area contributed by atoms with Crippen LogP contribution in [0.25, 0.3) is 0 Å². The second kappa shape index (κ2) is 6.83. The molecule has 1 fully saturated rings. The molecule has 1 N–H and O–H groups in total. The number of nitrogens with one attached hydrogen (secondary N) is 1. The van der Waals surface area contributed by atoms with Crippen molar-refractivity contribution in [1.82, 2.24) is 5.32 Å². The Balaban J connectivity index is 1.71. The summed E-state index contributed by atoms with van der Waals surface area (Å²) in [4.78, 5) is 12.7. The zero-order valence-corrected chi connectivity index (χ0v) is 13.2. The van der Waals surface area contributed by atoms with E-state index < -0.39 is 0 Å².